The highest BCUT2D eigenvalue weighted by Crippen LogP contribution is 2.30. The third-order valence-electron chi connectivity index (χ3n) is 2.89. The van der Waals surface area contributed by atoms with Crippen molar-refractivity contribution in [2.45, 2.75) is 13.3 Å². The number of hydrogen-bond donors (Lipinski definition) is 0. The normalized spacial score (nSPS) is 20.6. The predicted octanol–water partition coefficient (Wildman–Crippen LogP) is 3.35. The molecule has 1 heterocycles. The van der Waals surface area contributed by atoms with Crippen LogP contribution in [0.1, 0.15) is 12.0 Å². The number of aryl methyl sites for hydroxylation is 1. The van der Waals surface area contributed by atoms with Crippen LogP contribution >= 0.6 is 27.5 Å². The Morgan fingerprint density at radius 2 is 2.31 bits per heavy atom. The molecule has 0 aromatic heterocycles. The molecule has 1 atom stereocenters. The maximum Gasteiger partial charge on any atom is 0.227 e. The van der Waals surface area contributed by atoms with Crippen LogP contribution in [-0.2, 0) is 4.79 Å². The Morgan fingerprint density at radius 3 is 2.94 bits per heavy atom. The van der Waals surface area contributed by atoms with Crippen LogP contribution in [0, 0.1) is 12.8 Å². The molecule has 0 radical (unpaired) electrons. The van der Waals surface area contributed by atoms with Crippen LogP contribution in [0.4, 0.5) is 5.69 Å². The summed E-state index contributed by atoms with van der Waals surface area (Å²) in [5.41, 5.74) is 2.11. The van der Waals surface area contributed by atoms with E-state index in [2.05, 4.69) is 15.9 Å². The Balaban J connectivity index is 2.30. The molecule has 0 saturated carbocycles. The van der Waals surface area contributed by atoms with Gasteiger partial charge in [-0.2, -0.15) is 0 Å². The van der Waals surface area contributed by atoms with Gasteiger partial charge in [-0.05, 0) is 30.5 Å². The highest BCUT2D eigenvalue weighted by Gasteiger charge is 2.30. The first-order valence-electron chi connectivity index (χ1n) is 5.24. The molecular weight excluding hydrogens is 289 g/mol. The number of carbonyl (C=O) groups is 1. The first kappa shape index (κ1) is 11.9. The summed E-state index contributed by atoms with van der Waals surface area (Å²) in [4.78, 5) is 13.7. The fraction of sp³-hybridized carbons (Fsp3) is 0.417. The lowest BCUT2D eigenvalue weighted by Crippen LogP contribution is -2.25. The molecule has 0 N–H and O–H groups in total. The molecule has 1 aromatic rings. The SMILES string of the molecule is Cc1ccc(Br)cc1N1CC(CCl)CC1=O. The number of nitrogens with zero attached hydrogens (tertiary/aromatic N) is 1. The third kappa shape index (κ3) is 2.25. The minimum Gasteiger partial charge on any atom is -0.312 e. The fourth-order valence-corrected chi connectivity index (χ4v) is 2.55. The zero-order valence-corrected chi connectivity index (χ0v) is 11.4. The van der Waals surface area contributed by atoms with Gasteiger partial charge in [-0.1, -0.05) is 22.0 Å². The van der Waals surface area contributed by atoms with Gasteiger partial charge in [-0.3, -0.25) is 4.79 Å². The standard InChI is InChI=1S/C12H13BrClNO/c1-8-2-3-10(13)5-11(8)15-7-9(6-14)4-12(15)16/h2-3,5,9H,4,6-7H2,1H3. The first-order chi connectivity index (χ1) is 7.61. The number of rotatable bonds is 2. The Morgan fingerprint density at radius 1 is 1.56 bits per heavy atom. The van der Waals surface area contributed by atoms with Crippen molar-refractivity contribution in [3.8, 4) is 0 Å². The van der Waals surface area contributed by atoms with E-state index in [4.69, 9.17) is 11.6 Å². The second-order valence-corrected chi connectivity index (χ2v) is 5.38. The van der Waals surface area contributed by atoms with Gasteiger partial charge in [0, 0.05) is 29.0 Å². The van der Waals surface area contributed by atoms with E-state index in [1.54, 1.807) is 0 Å². The van der Waals surface area contributed by atoms with Crippen LogP contribution in [0.25, 0.3) is 0 Å². The largest absolute Gasteiger partial charge is 0.312 e. The fourth-order valence-electron chi connectivity index (χ4n) is 1.99. The summed E-state index contributed by atoms with van der Waals surface area (Å²) in [6.07, 6.45) is 0.565. The number of halogens is 2. The van der Waals surface area contributed by atoms with Gasteiger partial charge in [0.1, 0.15) is 0 Å². The summed E-state index contributed by atoms with van der Waals surface area (Å²) in [6.45, 7) is 2.75. The molecule has 1 aromatic carbocycles. The van der Waals surface area contributed by atoms with Crippen molar-refractivity contribution in [2.24, 2.45) is 5.92 Å². The zero-order valence-electron chi connectivity index (χ0n) is 9.04. The first-order valence-corrected chi connectivity index (χ1v) is 6.57. The highest BCUT2D eigenvalue weighted by atomic mass is 79.9. The average molecular weight is 303 g/mol. The average Bonchev–Trinajstić information content (AvgIpc) is 2.63. The van der Waals surface area contributed by atoms with Crippen LogP contribution in [0.2, 0.25) is 0 Å². The molecule has 0 aliphatic carbocycles. The smallest absolute Gasteiger partial charge is 0.227 e. The van der Waals surface area contributed by atoms with Crippen molar-refractivity contribution in [1.82, 2.24) is 0 Å². The molecule has 0 bridgehead atoms. The van der Waals surface area contributed by atoms with Crippen molar-refractivity contribution in [3.63, 3.8) is 0 Å². The van der Waals surface area contributed by atoms with E-state index in [0.29, 0.717) is 12.3 Å². The van der Waals surface area contributed by atoms with Gasteiger partial charge in [0.25, 0.3) is 0 Å². The van der Waals surface area contributed by atoms with Crippen molar-refractivity contribution in [2.75, 3.05) is 17.3 Å². The van der Waals surface area contributed by atoms with Gasteiger partial charge in [0.15, 0.2) is 0 Å². The molecular formula is C12H13BrClNO. The second kappa shape index (κ2) is 4.76. The number of anilines is 1. The molecule has 86 valence electrons. The number of hydrogen-bond acceptors (Lipinski definition) is 1. The molecule has 1 amide bonds. The number of benzene rings is 1. The van der Waals surface area contributed by atoms with E-state index in [0.717, 1.165) is 22.3 Å². The maximum atomic E-state index is 11.9. The van der Waals surface area contributed by atoms with Crippen LogP contribution in [0.15, 0.2) is 22.7 Å². The van der Waals surface area contributed by atoms with Crippen LogP contribution in [0.3, 0.4) is 0 Å². The maximum absolute atomic E-state index is 11.9. The molecule has 1 aliphatic heterocycles. The number of amides is 1. The lowest BCUT2D eigenvalue weighted by Gasteiger charge is -2.19. The summed E-state index contributed by atoms with van der Waals surface area (Å²) < 4.78 is 0.996. The van der Waals surface area contributed by atoms with E-state index in [1.807, 2.05) is 30.0 Å². The van der Waals surface area contributed by atoms with E-state index in [-0.39, 0.29) is 11.8 Å². The zero-order chi connectivity index (χ0) is 11.7. The van der Waals surface area contributed by atoms with Crippen molar-refractivity contribution >= 4 is 39.1 Å². The molecule has 1 aliphatic rings. The summed E-state index contributed by atoms with van der Waals surface area (Å²) in [5.74, 6) is 1.01. The molecule has 2 rings (SSSR count). The summed E-state index contributed by atoms with van der Waals surface area (Å²) in [7, 11) is 0. The summed E-state index contributed by atoms with van der Waals surface area (Å²) in [6, 6.07) is 5.99. The quantitative estimate of drug-likeness (QED) is 0.767. The third-order valence-corrected chi connectivity index (χ3v) is 3.82. The minimum absolute atomic E-state index is 0.173. The molecule has 16 heavy (non-hydrogen) atoms. The van der Waals surface area contributed by atoms with Crippen LogP contribution in [-0.4, -0.2) is 18.3 Å². The molecule has 0 spiro atoms. The Bertz CT molecular complexity index is 421. The molecule has 2 nitrogen and oxygen atoms in total. The van der Waals surface area contributed by atoms with E-state index >= 15 is 0 Å². The summed E-state index contributed by atoms with van der Waals surface area (Å²) >= 11 is 9.24. The minimum atomic E-state index is 0.173. The second-order valence-electron chi connectivity index (χ2n) is 4.16. The molecule has 4 heteroatoms. The Hall–Kier alpha value is -0.540. The highest BCUT2D eigenvalue weighted by molar-refractivity contribution is 9.10. The molecule has 1 fully saturated rings. The van der Waals surface area contributed by atoms with Gasteiger partial charge in [-0.25, -0.2) is 0 Å². The van der Waals surface area contributed by atoms with E-state index in [9.17, 15) is 4.79 Å². The van der Waals surface area contributed by atoms with Gasteiger partial charge in [0.05, 0.1) is 0 Å². The van der Waals surface area contributed by atoms with Crippen LogP contribution in [0.5, 0.6) is 0 Å². The van der Waals surface area contributed by atoms with Crippen molar-refractivity contribution in [3.05, 3.63) is 28.2 Å². The van der Waals surface area contributed by atoms with Crippen molar-refractivity contribution in [1.29, 1.82) is 0 Å². The van der Waals surface area contributed by atoms with Crippen molar-refractivity contribution < 1.29 is 4.79 Å². The predicted molar refractivity (Wildman–Crippen MR) is 70.1 cm³/mol. The summed E-state index contributed by atoms with van der Waals surface area (Å²) in [5, 5.41) is 0. The van der Waals surface area contributed by atoms with Gasteiger partial charge < -0.3 is 4.90 Å². The van der Waals surface area contributed by atoms with Gasteiger partial charge in [0.2, 0.25) is 5.91 Å². The van der Waals surface area contributed by atoms with E-state index in [1.165, 1.54) is 0 Å². The Labute approximate surface area is 109 Å². The lowest BCUT2D eigenvalue weighted by molar-refractivity contribution is -0.117. The Kier molecular flexibility index (Phi) is 3.55. The van der Waals surface area contributed by atoms with E-state index < -0.39 is 0 Å². The van der Waals surface area contributed by atoms with Gasteiger partial charge in [-0.15, -0.1) is 11.6 Å². The van der Waals surface area contributed by atoms with Gasteiger partial charge >= 0.3 is 0 Å². The number of alkyl halides is 1. The molecule has 1 unspecified atom stereocenters. The monoisotopic (exact) mass is 301 g/mol. The topological polar surface area (TPSA) is 20.3 Å². The molecule has 1 saturated heterocycles. The van der Waals surface area contributed by atoms with Crippen LogP contribution < -0.4 is 4.90 Å². The number of carbonyl (C=O) groups excluding carboxylic acids is 1. The lowest BCUT2D eigenvalue weighted by atomic mass is 10.1.